The Morgan fingerprint density at radius 2 is 0.800 bits per heavy atom. The number of hydrogen-bond acceptors (Lipinski definition) is 2. The summed E-state index contributed by atoms with van der Waals surface area (Å²) in [7, 11) is 0. The molecular weight excluding hydrogens is 639 g/mol. The van der Waals surface area contributed by atoms with E-state index >= 15 is 0 Å². The average molecular weight is 707 g/mol. The summed E-state index contributed by atoms with van der Waals surface area (Å²) in [6.45, 7) is 6.85. The molecule has 0 N–H and O–H groups in total. The van der Waals surface area contributed by atoms with Crippen LogP contribution in [0, 0.1) is 0 Å². The van der Waals surface area contributed by atoms with Crippen LogP contribution in [-0.4, -0.2) is 11.9 Å². The first-order valence-corrected chi connectivity index (χ1v) is 19.0. The van der Waals surface area contributed by atoms with Crippen LogP contribution in [0.3, 0.4) is 0 Å². The van der Waals surface area contributed by atoms with Crippen molar-refractivity contribution in [3.63, 3.8) is 0 Å². The molecule has 3 heteroatoms. The second-order valence-electron chi connectivity index (χ2n) is 13.2. The molecule has 0 aliphatic heterocycles. The topological polar surface area (TPSA) is 24.7 Å². The second kappa shape index (κ2) is 29.8. The maximum atomic E-state index is 5.03. The Morgan fingerprint density at radius 3 is 1.22 bits per heavy atom. The van der Waals surface area contributed by atoms with Crippen molar-refractivity contribution in [2.75, 3.05) is 0 Å². The molecule has 0 radical (unpaired) electrons. The van der Waals surface area contributed by atoms with Gasteiger partial charge in [0, 0.05) is 26.6 Å². The molecule has 0 aromatic heterocycles. The van der Waals surface area contributed by atoms with Gasteiger partial charge in [-0.2, -0.15) is 0 Å². The minimum atomic E-state index is 0. The fourth-order valence-electron chi connectivity index (χ4n) is 5.96. The summed E-state index contributed by atoms with van der Waals surface area (Å²) in [5.74, 6) is 0. The monoisotopic (exact) mass is 706 g/mol. The quantitative estimate of drug-likeness (QED) is 0.0478. The molecule has 0 bridgehead atoms. The Bertz CT molecular complexity index is 977. The minimum Gasteiger partial charge on any atom is -0.255 e. The molecule has 0 saturated carbocycles. The van der Waals surface area contributed by atoms with E-state index in [0.717, 1.165) is 23.5 Å². The molecule has 2 aromatic rings. The second-order valence-corrected chi connectivity index (χ2v) is 13.2. The largest absolute Gasteiger partial charge is 0.255 e. The fraction of sp³-hybridized carbons (Fsp3) is 0.667. The van der Waals surface area contributed by atoms with Crippen LogP contribution < -0.4 is 0 Å². The van der Waals surface area contributed by atoms with Gasteiger partial charge < -0.3 is 0 Å². The van der Waals surface area contributed by atoms with E-state index in [9.17, 15) is 0 Å². The van der Waals surface area contributed by atoms with Crippen LogP contribution in [0.2, 0.25) is 0 Å². The molecule has 2 aromatic carbocycles. The van der Waals surface area contributed by atoms with Crippen molar-refractivity contribution in [3.05, 3.63) is 59.7 Å². The number of hydrogen-bond donors (Lipinski definition) is 0. The molecule has 45 heavy (non-hydrogen) atoms. The molecule has 0 amide bonds. The third-order valence-corrected chi connectivity index (χ3v) is 8.93. The summed E-state index contributed by atoms with van der Waals surface area (Å²) in [6.07, 6.45) is 35.2. The molecule has 0 atom stereocenters. The summed E-state index contributed by atoms with van der Waals surface area (Å²) >= 11 is 0. The zero-order valence-electron chi connectivity index (χ0n) is 29.6. The van der Waals surface area contributed by atoms with Gasteiger partial charge in [0.15, 0.2) is 0 Å². The normalized spacial score (nSPS) is 11.8. The van der Waals surface area contributed by atoms with E-state index in [-0.39, 0.29) is 20.4 Å². The summed E-state index contributed by atoms with van der Waals surface area (Å²) in [6, 6.07) is 17.8. The molecule has 256 valence electrons. The standard InChI is InChI=1S/C42H68N2.Pd/c1-4-7-10-13-15-17-19-21-23-26-38-29-33-40(34-30-38)43-37-42(28-25-12-9-6-3)44-41-35-31-39(32-36-41)27-24-22-20-18-16-14-11-8-5-2;/h29-37H,4-28H2,1-3H3;. The van der Waals surface area contributed by atoms with Crippen molar-refractivity contribution in [1.82, 2.24) is 0 Å². The summed E-state index contributed by atoms with van der Waals surface area (Å²) in [5, 5.41) is 0. The maximum absolute atomic E-state index is 5.03. The first-order chi connectivity index (χ1) is 21.7. The van der Waals surface area contributed by atoms with Crippen LogP contribution in [0.15, 0.2) is 58.5 Å². The number of aliphatic imine (C=N–C) groups is 2. The van der Waals surface area contributed by atoms with Gasteiger partial charge in [0.1, 0.15) is 0 Å². The van der Waals surface area contributed by atoms with Crippen LogP contribution in [-0.2, 0) is 33.3 Å². The Balaban J connectivity index is 0.0000101. The van der Waals surface area contributed by atoms with Gasteiger partial charge in [-0.25, -0.2) is 0 Å². The van der Waals surface area contributed by atoms with Gasteiger partial charge in [0.2, 0.25) is 0 Å². The Hall–Kier alpha value is -1.56. The Kier molecular flexibility index (Phi) is 27.5. The molecule has 0 spiro atoms. The smallest absolute Gasteiger partial charge is 0.0633 e. The Labute approximate surface area is 293 Å². The summed E-state index contributed by atoms with van der Waals surface area (Å²) in [5.41, 5.74) is 6.04. The van der Waals surface area contributed by atoms with Crippen molar-refractivity contribution in [3.8, 4) is 0 Å². The van der Waals surface area contributed by atoms with E-state index < -0.39 is 0 Å². The molecule has 2 nitrogen and oxygen atoms in total. The molecule has 0 unspecified atom stereocenters. The third kappa shape index (κ3) is 22.6. The van der Waals surface area contributed by atoms with Crippen molar-refractivity contribution < 1.29 is 20.4 Å². The van der Waals surface area contributed by atoms with E-state index in [0.29, 0.717) is 0 Å². The van der Waals surface area contributed by atoms with Crippen LogP contribution in [0.25, 0.3) is 0 Å². The maximum Gasteiger partial charge on any atom is 0.0633 e. The predicted octanol–water partition coefficient (Wildman–Crippen LogP) is 14.3. The predicted molar refractivity (Wildman–Crippen MR) is 199 cm³/mol. The average Bonchev–Trinajstić information content (AvgIpc) is 3.05. The molecule has 0 aliphatic carbocycles. The van der Waals surface area contributed by atoms with Crippen LogP contribution >= 0.6 is 0 Å². The summed E-state index contributed by atoms with van der Waals surface area (Å²) < 4.78 is 0. The fourth-order valence-corrected chi connectivity index (χ4v) is 5.96. The van der Waals surface area contributed by atoms with Crippen molar-refractivity contribution in [1.29, 1.82) is 0 Å². The van der Waals surface area contributed by atoms with Gasteiger partial charge in [-0.1, -0.05) is 167 Å². The van der Waals surface area contributed by atoms with Crippen LogP contribution in [0.1, 0.15) is 180 Å². The van der Waals surface area contributed by atoms with E-state index in [2.05, 4.69) is 69.3 Å². The van der Waals surface area contributed by atoms with E-state index in [1.807, 2.05) is 6.21 Å². The first kappa shape index (κ1) is 41.5. The van der Waals surface area contributed by atoms with Gasteiger partial charge in [-0.3, -0.25) is 9.98 Å². The zero-order chi connectivity index (χ0) is 31.3. The number of rotatable bonds is 28. The van der Waals surface area contributed by atoms with Gasteiger partial charge in [0.05, 0.1) is 17.1 Å². The number of unbranched alkanes of at least 4 members (excludes halogenated alkanes) is 19. The van der Waals surface area contributed by atoms with E-state index in [1.165, 1.54) is 165 Å². The molecule has 0 aliphatic rings. The third-order valence-electron chi connectivity index (χ3n) is 8.93. The number of nitrogens with zero attached hydrogens (tertiary/aromatic N) is 2. The zero-order valence-corrected chi connectivity index (χ0v) is 31.1. The van der Waals surface area contributed by atoms with Crippen LogP contribution in [0.5, 0.6) is 0 Å². The van der Waals surface area contributed by atoms with Crippen molar-refractivity contribution in [2.24, 2.45) is 9.98 Å². The van der Waals surface area contributed by atoms with Crippen LogP contribution in [0.4, 0.5) is 11.4 Å². The molecule has 2 rings (SSSR count). The van der Waals surface area contributed by atoms with Gasteiger partial charge in [-0.15, -0.1) is 0 Å². The van der Waals surface area contributed by atoms with Gasteiger partial charge >= 0.3 is 0 Å². The first-order valence-electron chi connectivity index (χ1n) is 19.0. The Morgan fingerprint density at radius 1 is 0.444 bits per heavy atom. The number of aryl methyl sites for hydroxylation is 2. The van der Waals surface area contributed by atoms with Gasteiger partial charge in [-0.05, 0) is 73.9 Å². The van der Waals surface area contributed by atoms with E-state index in [1.54, 1.807) is 0 Å². The molecule has 0 heterocycles. The molecule has 0 saturated heterocycles. The summed E-state index contributed by atoms with van der Waals surface area (Å²) in [4.78, 5) is 9.88. The minimum absolute atomic E-state index is 0. The van der Waals surface area contributed by atoms with Crippen molar-refractivity contribution in [2.45, 2.75) is 181 Å². The van der Waals surface area contributed by atoms with E-state index in [4.69, 9.17) is 9.98 Å². The molecular formula is C42H68N2Pd. The van der Waals surface area contributed by atoms with Crippen molar-refractivity contribution >= 4 is 23.3 Å². The molecule has 0 fully saturated rings. The number of benzene rings is 2. The van der Waals surface area contributed by atoms with Gasteiger partial charge in [0.25, 0.3) is 0 Å². The SMILES string of the molecule is CCCCCCCCCCCc1ccc(N=CC(CCCCCC)=Nc2ccc(CCCCCCCCCCC)cc2)cc1.[Pd].